The second kappa shape index (κ2) is 5.53. The van der Waals surface area contributed by atoms with Crippen LogP contribution in [0.2, 0.25) is 5.02 Å². The third-order valence-corrected chi connectivity index (χ3v) is 3.65. The molecule has 0 aliphatic heterocycles. The lowest BCUT2D eigenvalue weighted by Crippen LogP contribution is -2.40. The molecule has 2 rings (SSSR count). The minimum atomic E-state index is -0.353. The van der Waals surface area contributed by atoms with Gasteiger partial charge in [-0.2, -0.15) is 0 Å². The molecule has 1 aromatic carbocycles. The zero-order chi connectivity index (χ0) is 14.0. The largest absolute Gasteiger partial charge is 0.459 e. The SMILES string of the molecule is CCNC(c1cc2cc(Cl)ccc2o1)C(C)(C)OC. The van der Waals surface area contributed by atoms with Crippen molar-refractivity contribution in [2.45, 2.75) is 32.4 Å². The topological polar surface area (TPSA) is 34.4 Å². The summed E-state index contributed by atoms with van der Waals surface area (Å²) >= 11 is 6.00. The molecule has 104 valence electrons. The van der Waals surface area contributed by atoms with Gasteiger partial charge in [-0.05, 0) is 44.7 Å². The van der Waals surface area contributed by atoms with Gasteiger partial charge in [0.25, 0.3) is 0 Å². The van der Waals surface area contributed by atoms with E-state index in [9.17, 15) is 0 Å². The van der Waals surface area contributed by atoms with Crippen molar-refractivity contribution in [1.82, 2.24) is 5.32 Å². The van der Waals surface area contributed by atoms with E-state index in [1.807, 2.05) is 38.1 Å². The first-order valence-electron chi connectivity index (χ1n) is 6.45. The van der Waals surface area contributed by atoms with Gasteiger partial charge in [0, 0.05) is 17.5 Å². The molecule has 0 aliphatic rings. The van der Waals surface area contributed by atoms with Crippen molar-refractivity contribution in [3.8, 4) is 0 Å². The summed E-state index contributed by atoms with van der Waals surface area (Å²) in [5.74, 6) is 0.867. The lowest BCUT2D eigenvalue weighted by Gasteiger charge is -2.32. The molecule has 1 unspecified atom stereocenters. The van der Waals surface area contributed by atoms with Crippen LogP contribution in [0.15, 0.2) is 28.7 Å². The van der Waals surface area contributed by atoms with E-state index in [-0.39, 0.29) is 11.6 Å². The fourth-order valence-electron chi connectivity index (χ4n) is 2.19. The van der Waals surface area contributed by atoms with Gasteiger partial charge in [0.15, 0.2) is 0 Å². The van der Waals surface area contributed by atoms with Crippen LogP contribution in [-0.2, 0) is 4.74 Å². The van der Waals surface area contributed by atoms with Crippen LogP contribution in [0.5, 0.6) is 0 Å². The van der Waals surface area contributed by atoms with Crippen LogP contribution in [0, 0.1) is 0 Å². The summed E-state index contributed by atoms with van der Waals surface area (Å²) in [7, 11) is 1.71. The number of ether oxygens (including phenoxy) is 1. The number of halogens is 1. The van der Waals surface area contributed by atoms with Gasteiger partial charge in [-0.15, -0.1) is 0 Å². The van der Waals surface area contributed by atoms with Crippen molar-refractivity contribution in [3.63, 3.8) is 0 Å². The van der Waals surface area contributed by atoms with Crippen LogP contribution in [0.25, 0.3) is 11.0 Å². The molecule has 19 heavy (non-hydrogen) atoms. The summed E-state index contributed by atoms with van der Waals surface area (Å²) in [5, 5.41) is 5.14. The standard InChI is InChI=1S/C15H20ClNO2/c1-5-17-14(15(2,3)18-4)13-9-10-8-11(16)6-7-12(10)19-13/h6-9,14,17H,5H2,1-4H3. The maximum Gasteiger partial charge on any atom is 0.134 e. The number of hydrogen-bond donors (Lipinski definition) is 1. The quantitative estimate of drug-likeness (QED) is 0.893. The molecule has 3 nitrogen and oxygen atoms in total. The molecule has 1 atom stereocenters. The monoisotopic (exact) mass is 281 g/mol. The molecule has 0 fully saturated rings. The lowest BCUT2D eigenvalue weighted by atomic mass is 9.96. The summed E-state index contributed by atoms with van der Waals surface area (Å²) in [6.45, 7) is 6.99. The first-order valence-corrected chi connectivity index (χ1v) is 6.83. The lowest BCUT2D eigenvalue weighted by molar-refractivity contribution is -0.0160. The molecule has 0 aliphatic carbocycles. The number of hydrogen-bond acceptors (Lipinski definition) is 3. The highest BCUT2D eigenvalue weighted by molar-refractivity contribution is 6.31. The van der Waals surface area contributed by atoms with Gasteiger partial charge in [-0.3, -0.25) is 0 Å². The van der Waals surface area contributed by atoms with Gasteiger partial charge in [0.2, 0.25) is 0 Å². The molecule has 0 saturated carbocycles. The van der Waals surface area contributed by atoms with Crippen molar-refractivity contribution in [2.75, 3.05) is 13.7 Å². The highest BCUT2D eigenvalue weighted by atomic mass is 35.5. The van der Waals surface area contributed by atoms with Crippen LogP contribution in [0.3, 0.4) is 0 Å². The second-order valence-electron chi connectivity index (χ2n) is 5.13. The van der Waals surface area contributed by atoms with Gasteiger partial charge in [0.1, 0.15) is 11.3 Å². The van der Waals surface area contributed by atoms with E-state index in [1.54, 1.807) is 7.11 Å². The molecular formula is C15H20ClNO2. The first-order chi connectivity index (χ1) is 8.97. The number of nitrogens with one attached hydrogen (secondary N) is 1. The van der Waals surface area contributed by atoms with Gasteiger partial charge in [-0.25, -0.2) is 0 Å². The molecule has 1 aromatic heterocycles. The molecule has 1 N–H and O–H groups in total. The van der Waals surface area contributed by atoms with Gasteiger partial charge in [0.05, 0.1) is 11.6 Å². The van der Waals surface area contributed by atoms with E-state index in [0.29, 0.717) is 5.02 Å². The number of benzene rings is 1. The van der Waals surface area contributed by atoms with Crippen molar-refractivity contribution in [2.24, 2.45) is 0 Å². The Kier molecular flexibility index (Phi) is 4.19. The summed E-state index contributed by atoms with van der Waals surface area (Å²) in [6.07, 6.45) is 0. The smallest absolute Gasteiger partial charge is 0.134 e. The van der Waals surface area contributed by atoms with E-state index in [2.05, 4.69) is 12.2 Å². The first kappa shape index (κ1) is 14.4. The Labute approximate surface area is 118 Å². The fourth-order valence-corrected chi connectivity index (χ4v) is 2.37. The molecule has 0 saturated heterocycles. The van der Waals surface area contributed by atoms with Crippen LogP contribution < -0.4 is 5.32 Å². The maximum atomic E-state index is 6.00. The zero-order valence-corrected chi connectivity index (χ0v) is 12.5. The highest BCUT2D eigenvalue weighted by Gasteiger charge is 2.32. The van der Waals surface area contributed by atoms with Crippen LogP contribution >= 0.6 is 11.6 Å². The normalized spacial score (nSPS) is 13.9. The number of furan rings is 1. The van der Waals surface area contributed by atoms with E-state index in [0.717, 1.165) is 23.3 Å². The van der Waals surface area contributed by atoms with Gasteiger partial charge in [-0.1, -0.05) is 18.5 Å². The van der Waals surface area contributed by atoms with Crippen molar-refractivity contribution < 1.29 is 9.15 Å². The Bertz CT molecular complexity index is 562. The molecular weight excluding hydrogens is 262 g/mol. The Morgan fingerprint density at radius 1 is 1.37 bits per heavy atom. The third-order valence-electron chi connectivity index (χ3n) is 3.41. The number of likely N-dealkylation sites (N-methyl/N-ethyl adjacent to an activating group) is 1. The molecule has 0 bridgehead atoms. The predicted octanol–water partition coefficient (Wildman–Crippen LogP) is 4.16. The summed E-state index contributed by atoms with van der Waals surface area (Å²) in [5.41, 5.74) is 0.488. The van der Waals surface area contributed by atoms with Crippen LogP contribution in [0.4, 0.5) is 0 Å². The van der Waals surface area contributed by atoms with Gasteiger partial charge >= 0.3 is 0 Å². The summed E-state index contributed by atoms with van der Waals surface area (Å²) in [6, 6.07) is 7.65. The minimum Gasteiger partial charge on any atom is -0.459 e. The second-order valence-corrected chi connectivity index (χ2v) is 5.57. The molecule has 0 radical (unpaired) electrons. The fraction of sp³-hybridized carbons (Fsp3) is 0.467. The Morgan fingerprint density at radius 3 is 2.74 bits per heavy atom. The van der Waals surface area contributed by atoms with E-state index < -0.39 is 0 Å². The number of methoxy groups -OCH3 is 1. The summed E-state index contributed by atoms with van der Waals surface area (Å²) < 4.78 is 11.5. The van der Waals surface area contributed by atoms with E-state index >= 15 is 0 Å². The number of rotatable bonds is 5. The van der Waals surface area contributed by atoms with Crippen molar-refractivity contribution >= 4 is 22.6 Å². The zero-order valence-electron chi connectivity index (χ0n) is 11.8. The number of fused-ring (bicyclic) bond motifs is 1. The average molecular weight is 282 g/mol. The predicted molar refractivity (Wildman–Crippen MR) is 78.7 cm³/mol. The van der Waals surface area contributed by atoms with Crippen LogP contribution in [0.1, 0.15) is 32.6 Å². The van der Waals surface area contributed by atoms with Crippen LogP contribution in [-0.4, -0.2) is 19.3 Å². The maximum absolute atomic E-state index is 6.00. The van der Waals surface area contributed by atoms with E-state index in [4.69, 9.17) is 20.8 Å². The molecule has 4 heteroatoms. The highest BCUT2D eigenvalue weighted by Crippen LogP contribution is 2.33. The van der Waals surface area contributed by atoms with Gasteiger partial charge < -0.3 is 14.5 Å². The third kappa shape index (κ3) is 2.94. The average Bonchev–Trinajstić information content (AvgIpc) is 2.77. The minimum absolute atomic E-state index is 0.00586. The Morgan fingerprint density at radius 2 is 2.11 bits per heavy atom. The Hall–Kier alpha value is -1.03. The van der Waals surface area contributed by atoms with E-state index in [1.165, 1.54) is 0 Å². The molecule has 0 amide bonds. The Balaban J connectivity index is 2.44. The van der Waals surface area contributed by atoms with Crippen molar-refractivity contribution in [1.29, 1.82) is 0 Å². The summed E-state index contributed by atoms with van der Waals surface area (Å²) in [4.78, 5) is 0. The molecule has 1 heterocycles. The molecule has 0 spiro atoms. The van der Waals surface area contributed by atoms with Crippen molar-refractivity contribution in [3.05, 3.63) is 35.0 Å². The molecule has 2 aromatic rings.